The van der Waals surface area contributed by atoms with Crippen LogP contribution in [0.25, 0.3) is 0 Å². The van der Waals surface area contributed by atoms with Gasteiger partial charge >= 0.3 is 0 Å². The van der Waals surface area contributed by atoms with Crippen LogP contribution in [-0.2, 0) is 12.8 Å². The second kappa shape index (κ2) is 6.96. The molecule has 2 aromatic rings. The van der Waals surface area contributed by atoms with Gasteiger partial charge in [-0.2, -0.15) is 5.10 Å². The summed E-state index contributed by atoms with van der Waals surface area (Å²) in [5.74, 6) is 0.460. The molecule has 2 N–H and O–H groups in total. The van der Waals surface area contributed by atoms with Crippen LogP contribution in [0.5, 0.6) is 0 Å². The molecule has 0 saturated carbocycles. The Balaban J connectivity index is 2.20. The lowest BCUT2D eigenvalue weighted by atomic mass is 10.1. The van der Waals surface area contributed by atoms with Gasteiger partial charge < -0.3 is 10.4 Å². The Bertz CT molecular complexity index is 545. The molecule has 106 valence electrons. The van der Waals surface area contributed by atoms with Crippen LogP contribution in [0.2, 0.25) is 0 Å². The Labute approximate surface area is 119 Å². The van der Waals surface area contributed by atoms with Gasteiger partial charge in [-0.1, -0.05) is 44.2 Å². The zero-order chi connectivity index (χ0) is 14.4. The highest BCUT2D eigenvalue weighted by Crippen LogP contribution is 2.17. The van der Waals surface area contributed by atoms with E-state index in [4.69, 9.17) is 0 Å². The molecule has 0 fully saturated rings. The largest absolute Gasteiger partial charge is 0.394 e. The van der Waals surface area contributed by atoms with Crippen molar-refractivity contribution in [1.82, 2.24) is 15.2 Å². The molecule has 5 nitrogen and oxygen atoms in total. The molecular weight excluding hydrogens is 252 g/mol. The minimum Gasteiger partial charge on any atom is -0.394 e. The maximum atomic E-state index is 9.53. The zero-order valence-electron chi connectivity index (χ0n) is 11.9. The number of aryl methyl sites for hydroxylation is 2. The third-order valence-electron chi connectivity index (χ3n) is 3.20. The minimum absolute atomic E-state index is 0.0235. The molecule has 0 unspecified atom stereocenters. The van der Waals surface area contributed by atoms with Gasteiger partial charge in [0.15, 0.2) is 0 Å². The van der Waals surface area contributed by atoms with Gasteiger partial charge in [0.25, 0.3) is 0 Å². The Morgan fingerprint density at radius 2 is 1.75 bits per heavy atom. The predicted octanol–water partition coefficient (Wildman–Crippen LogP) is 2.14. The molecule has 1 atom stereocenters. The lowest BCUT2D eigenvalue weighted by molar-refractivity contribution is 0.275. The van der Waals surface area contributed by atoms with Crippen molar-refractivity contribution in [1.29, 1.82) is 0 Å². The van der Waals surface area contributed by atoms with Gasteiger partial charge in [0.2, 0.25) is 5.95 Å². The number of aromatic nitrogens is 3. The van der Waals surface area contributed by atoms with E-state index in [-0.39, 0.29) is 12.6 Å². The number of hydrogen-bond donors (Lipinski definition) is 2. The van der Waals surface area contributed by atoms with E-state index in [2.05, 4.69) is 20.5 Å². The zero-order valence-corrected chi connectivity index (χ0v) is 11.9. The molecule has 0 bridgehead atoms. The van der Waals surface area contributed by atoms with E-state index in [9.17, 15) is 5.11 Å². The van der Waals surface area contributed by atoms with E-state index < -0.39 is 0 Å². The van der Waals surface area contributed by atoms with Crippen LogP contribution in [0.4, 0.5) is 5.95 Å². The predicted molar refractivity (Wildman–Crippen MR) is 78.5 cm³/mol. The summed E-state index contributed by atoms with van der Waals surface area (Å²) < 4.78 is 0. The number of aliphatic hydroxyl groups excluding tert-OH is 1. The molecule has 1 aromatic carbocycles. The fourth-order valence-electron chi connectivity index (χ4n) is 2.07. The normalized spacial score (nSPS) is 12.2. The summed E-state index contributed by atoms with van der Waals surface area (Å²) >= 11 is 0. The van der Waals surface area contributed by atoms with Crippen LogP contribution < -0.4 is 5.32 Å². The van der Waals surface area contributed by atoms with Gasteiger partial charge in [0, 0.05) is 0 Å². The van der Waals surface area contributed by atoms with Crippen molar-refractivity contribution in [3.8, 4) is 0 Å². The Hall–Kier alpha value is -2.01. The summed E-state index contributed by atoms with van der Waals surface area (Å²) in [6.45, 7) is 4.07. The van der Waals surface area contributed by atoms with Gasteiger partial charge in [0.05, 0.1) is 24.0 Å². The summed E-state index contributed by atoms with van der Waals surface area (Å²) in [4.78, 5) is 4.48. The molecule has 1 aromatic heterocycles. The van der Waals surface area contributed by atoms with E-state index in [1.807, 2.05) is 44.2 Å². The van der Waals surface area contributed by atoms with E-state index >= 15 is 0 Å². The third kappa shape index (κ3) is 3.30. The smallest absolute Gasteiger partial charge is 0.243 e. The number of nitrogens with one attached hydrogen (secondary N) is 1. The van der Waals surface area contributed by atoms with E-state index in [0.717, 1.165) is 29.8 Å². The van der Waals surface area contributed by atoms with E-state index in [1.165, 1.54) is 0 Å². The summed E-state index contributed by atoms with van der Waals surface area (Å²) in [6.07, 6.45) is 1.65. The molecular formula is C15H20N4O. The molecule has 0 spiro atoms. The minimum atomic E-state index is -0.227. The van der Waals surface area contributed by atoms with Crippen molar-refractivity contribution in [2.75, 3.05) is 11.9 Å². The lowest BCUT2D eigenvalue weighted by Gasteiger charge is -2.17. The van der Waals surface area contributed by atoms with Crippen molar-refractivity contribution in [2.45, 2.75) is 32.7 Å². The van der Waals surface area contributed by atoms with Crippen LogP contribution in [0, 0.1) is 0 Å². The monoisotopic (exact) mass is 272 g/mol. The quantitative estimate of drug-likeness (QED) is 0.843. The fraction of sp³-hybridized carbons (Fsp3) is 0.400. The van der Waals surface area contributed by atoms with Gasteiger partial charge in [-0.3, -0.25) is 0 Å². The van der Waals surface area contributed by atoms with Gasteiger partial charge in [0.1, 0.15) is 0 Å². The number of rotatable bonds is 6. The molecule has 0 aliphatic rings. The molecule has 0 amide bonds. The number of aliphatic hydroxyl groups is 1. The summed E-state index contributed by atoms with van der Waals surface area (Å²) in [6, 6.07) is 9.52. The highest BCUT2D eigenvalue weighted by atomic mass is 16.3. The first-order chi connectivity index (χ1) is 9.78. The van der Waals surface area contributed by atoms with Gasteiger partial charge in [-0.15, -0.1) is 5.10 Å². The topological polar surface area (TPSA) is 70.9 Å². The van der Waals surface area contributed by atoms with Crippen LogP contribution >= 0.6 is 0 Å². The SMILES string of the molecule is CCc1nnc(N[C@H](CO)c2ccccc2)nc1CC. The van der Waals surface area contributed by atoms with Crippen LogP contribution in [0.3, 0.4) is 0 Å². The molecule has 0 radical (unpaired) electrons. The Morgan fingerprint density at radius 3 is 2.35 bits per heavy atom. The lowest BCUT2D eigenvalue weighted by Crippen LogP contribution is -2.18. The summed E-state index contributed by atoms with van der Waals surface area (Å²) in [5.41, 5.74) is 2.88. The van der Waals surface area contributed by atoms with Crippen molar-refractivity contribution < 1.29 is 5.11 Å². The molecule has 2 rings (SSSR count). The summed E-state index contributed by atoms with van der Waals surface area (Å²) in [7, 11) is 0. The number of nitrogens with zero attached hydrogens (tertiary/aromatic N) is 3. The van der Waals surface area contributed by atoms with Gasteiger partial charge in [-0.05, 0) is 18.4 Å². The highest BCUT2D eigenvalue weighted by Gasteiger charge is 2.13. The Morgan fingerprint density at radius 1 is 1.05 bits per heavy atom. The second-order valence-electron chi connectivity index (χ2n) is 4.53. The number of anilines is 1. The summed E-state index contributed by atoms with van der Waals surface area (Å²) in [5, 5.41) is 20.9. The molecule has 0 saturated heterocycles. The molecule has 20 heavy (non-hydrogen) atoms. The van der Waals surface area contributed by atoms with Crippen molar-refractivity contribution in [3.05, 3.63) is 47.3 Å². The molecule has 5 heteroatoms. The number of hydrogen-bond acceptors (Lipinski definition) is 5. The van der Waals surface area contributed by atoms with Crippen LogP contribution in [-0.4, -0.2) is 26.9 Å². The molecule has 0 aliphatic carbocycles. The van der Waals surface area contributed by atoms with Crippen molar-refractivity contribution in [2.24, 2.45) is 0 Å². The first-order valence-electron chi connectivity index (χ1n) is 6.93. The standard InChI is InChI=1S/C15H20N4O/c1-3-12-13(4-2)18-19-15(16-12)17-14(10-20)11-8-6-5-7-9-11/h5-9,14,20H,3-4,10H2,1-2H3,(H,16,17,19)/t14-/m1/s1. The number of benzene rings is 1. The first kappa shape index (κ1) is 14.4. The van der Waals surface area contributed by atoms with Crippen molar-refractivity contribution >= 4 is 5.95 Å². The average Bonchev–Trinajstić information content (AvgIpc) is 2.53. The maximum Gasteiger partial charge on any atom is 0.243 e. The Kier molecular flexibility index (Phi) is 5.01. The van der Waals surface area contributed by atoms with E-state index in [0.29, 0.717) is 5.95 Å². The maximum absolute atomic E-state index is 9.53. The van der Waals surface area contributed by atoms with E-state index in [1.54, 1.807) is 0 Å². The average molecular weight is 272 g/mol. The third-order valence-corrected chi connectivity index (χ3v) is 3.20. The molecule has 0 aliphatic heterocycles. The van der Waals surface area contributed by atoms with Crippen LogP contribution in [0.15, 0.2) is 30.3 Å². The fourth-order valence-corrected chi connectivity index (χ4v) is 2.07. The van der Waals surface area contributed by atoms with Crippen molar-refractivity contribution in [3.63, 3.8) is 0 Å². The van der Waals surface area contributed by atoms with Gasteiger partial charge in [-0.25, -0.2) is 4.98 Å². The van der Waals surface area contributed by atoms with Crippen LogP contribution in [0.1, 0.15) is 36.8 Å². The second-order valence-corrected chi connectivity index (χ2v) is 4.53. The highest BCUT2D eigenvalue weighted by molar-refractivity contribution is 5.32. The molecule has 1 heterocycles. The first-order valence-corrected chi connectivity index (χ1v) is 6.93.